The molecule has 6 nitrogen and oxygen atoms in total. The number of aryl methyl sites for hydroxylation is 1. The number of benzene rings is 1. The molecule has 4 rings (SSSR count). The van der Waals surface area contributed by atoms with Gasteiger partial charge in [-0.1, -0.05) is 30.3 Å². The summed E-state index contributed by atoms with van der Waals surface area (Å²) < 4.78 is 31.6. The molecular weight excluding hydrogens is 354 g/mol. The average molecular weight is 370 g/mol. The van der Waals surface area contributed by atoms with Gasteiger partial charge in [-0.15, -0.1) is 0 Å². The zero-order chi connectivity index (χ0) is 19.0. The summed E-state index contributed by atoms with van der Waals surface area (Å²) in [7, 11) is 0. The van der Waals surface area contributed by atoms with Gasteiger partial charge in [0.2, 0.25) is 0 Å². The molecule has 2 aromatic heterocycles. The highest BCUT2D eigenvalue weighted by atomic mass is 19.3. The number of nitrogens with one attached hydrogen (secondary N) is 3. The Labute approximate surface area is 153 Å². The number of oxazole rings is 1. The molecule has 3 N–H and O–H groups in total. The largest absolute Gasteiger partial charge is 0.448 e. The number of rotatable bonds is 4. The standard InChI is InChI=1S/C19H16F2N4O2/c1-10-16(22-9-27-10)19(26)25-15-7-6-11-8-14(23-18(11)24-15)12-4-2-3-5-13(12)17(20)21/h2-9,15,17,23-24H,1H3,(H,25,26). The van der Waals surface area contributed by atoms with Crippen LogP contribution in [0.4, 0.5) is 14.6 Å². The molecule has 1 amide bonds. The molecule has 0 spiro atoms. The molecule has 0 bridgehead atoms. The number of aromatic nitrogens is 2. The van der Waals surface area contributed by atoms with E-state index in [1.807, 2.05) is 6.08 Å². The predicted molar refractivity (Wildman–Crippen MR) is 96.3 cm³/mol. The van der Waals surface area contributed by atoms with Crippen molar-refractivity contribution >= 4 is 17.8 Å². The summed E-state index contributed by atoms with van der Waals surface area (Å²) in [4.78, 5) is 19.3. The summed E-state index contributed by atoms with van der Waals surface area (Å²) in [5, 5.41) is 5.91. The van der Waals surface area contributed by atoms with Crippen LogP contribution in [0.2, 0.25) is 0 Å². The second kappa shape index (κ2) is 6.71. The van der Waals surface area contributed by atoms with E-state index in [4.69, 9.17) is 4.42 Å². The van der Waals surface area contributed by atoms with Crippen molar-refractivity contribution in [1.82, 2.24) is 15.3 Å². The Morgan fingerprint density at radius 1 is 1.33 bits per heavy atom. The smallest absolute Gasteiger partial charge is 0.275 e. The van der Waals surface area contributed by atoms with Crippen molar-refractivity contribution in [2.45, 2.75) is 19.5 Å². The second-order valence-electron chi connectivity index (χ2n) is 6.11. The number of amides is 1. The Morgan fingerprint density at radius 3 is 2.89 bits per heavy atom. The van der Waals surface area contributed by atoms with Crippen LogP contribution in [0.25, 0.3) is 17.3 Å². The summed E-state index contributed by atoms with van der Waals surface area (Å²) in [5.41, 5.74) is 2.01. The number of hydrogen-bond acceptors (Lipinski definition) is 4. The van der Waals surface area contributed by atoms with Crippen LogP contribution in [0.3, 0.4) is 0 Å². The Morgan fingerprint density at radius 2 is 2.15 bits per heavy atom. The average Bonchev–Trinajstić information content (AvgIpc) is 3.27. The lowest BCUT2D eigenvalue weighted by Crippen LogP contribution is -2.40. The fraction of sp³-hybridized carbons (Fsp3) is 0.158. The van der Waals surface area contributed by atoms with Crippen LogP contribution in [-0.4, -0.2) is 22.0 Å². The molecule has 3 heterocycles. The Hall–Kier alpha value is -3.42. The summed E-state index contributed by atoms with van der Waals surface area (Å²) in [6.07, 6.45) is 1.76. The minimum atomic E-state index is -2.57. The van der Waals surface area contributed by atoms with E-state index in [1.54, 1.807) is 37.3 Å². The van der Waals surface area contributed by atoms with Crippen molar-refractivity contribution in [3.8, 4) is 11.3 Å². The van der Waals surface area contributed by atoms with E-state index in [9.17, 15) is 13.6 Å². The topological polar surface area (TPSA) is 83.0 Å². The van der Waals surface area contributed by atoms with E-state index in [0.29, 0.717) is 22.8 Å². The molecule has 1 aliphatic rings. The van der Waals surface area contributed by atoms with Gasteiger partial charge < -0.3 is 20.0 Å². The normalized spacial score (nSPS) is 15.5. The number of alkyl halides is 2. The second-order valence-corrected chi connectivity index (χ2v) is 6.11. The number of aromatic amines is 1. The third-order valence-electron chi connectivity index (χ3n) is 4.35. The number of carbonyl (C=O) groups is 1. The monoisotopic (exact) mass is 370 g/mol. The maximum Gasteiger partial charge on any atom is 0.275 e. The molecule has 1 aromatic carbocycles. The fourth-order valence-electron chi connectivity index (χ4n) is 3.02. The first kappa shape index (κ1) is 17.0. The first-order chi connectivity index (χ1) is 13.0. The van der Waals surface area contributed by atoms with Crippen LogP contribution >= 0.6 is 0 Å². The summed E-state index contributed by atoms with van der Waals surface area (Å²) >= 11 is 0. The maximum absolute atomic E-state index is 13.3. The number of hydrogen-bond donors (Lipinski definition) is 3. The van der Waals surface area contributed by atoms with Crippen LogP contribution in [-0.2, 0) is 0 Å². The molecular formula is C19H16F2N4O2. The van der Waals surface area contributed by atoms with Crippen molar-refractivity contribution in [2.75, 3.05) is 5.32 Å². The van der Waals surface area contributed by atoms with Gasteiger partial charge in [0.05, 0.1) is 0 Å². The molecule has 1 atom stereocenters. The van der Waals surface area contributed by atoms with E-state index in [-0.39, 0.29) is 17.2 Å². The van der Waals surface area contributed by atoms with Gasteiger partial charge in [0.1, 0.15) is 17.7 Å². The molecule has 0 fully saturated rings. The van der Waals surface area contributed by atoms with Crippen molar-refractivity contribution in [1.29, 1.82) is 0 Å². The summed E-state index contributed by atoms with van der Waals surface area (Å²) in [6, 6.07) is 8.15. The van der Waals surface area contributed by atoms with Gasteiger partial charge in [-0.3, -0.25) is 4.79 Å². The lowest BCUT2D eigenvalue weighted by Gasteiger charge is -2.20. The molecule has 1 unspecified atom stereocenters. The molecule has 27 heavy (non-hydrogen) atoms. The molecule has 0 saturated carbocycles. The SMILES string of the molecule is Cc1ocnc1C(=O)NC1C=Cc2cc(-c3ccccc3C(F)F)[nH]c2N1. The third kappa shape index (κ3) is 3.21. The van der Waals surface area contributed by atoms with Crippen LogP contribution in [0.5, 0.6) is 0 Å². The molecule has 0 radical (unpaired) electrons. The number of halogens is 2. The lowest BCUT2D eigenvalue weighted by molar-refractivity contribution is 0.0942. The van der Waals surface area contributed by atoms with Gasteiger partial charge in [-0.05, 0) is 19.1 Å². The summed E-state index contributed by atoms with van der Waals surface area (Å²) in [6.45, 7) is 1.65. The zero-order valence-corrected chi connectivity index (χ0v) is 14.3. The number of carbonyl (C=O) groups excluding carboxylic acids is 1. The molecule has 0 aliphatic carbocycles. The highest BCUT2D eigenvalue weighted by Crippen LogP contribution is 2.34. The highest BCUT2D eigenvalue weighted by molar-refractivity contribution is 5.94. The van der Waals surface area contributed by atoms with Crippen molar-refractivity contribution in [2.24, 2.45) is 0 Å². The van der Waals surface area contributed by atoms with Gasteiger partial charge in [0.25, 0.3) is 12.3 Å². The van der Waals surface area contributed by atoms with Crippen molar-refractivity contribution < 1.29 is 18.0 Å². The van der Waals surface area contributed by atoms with E-state index in [0.717, 1.165) is 5.56 Å². The maximum atomic E-state index is 13.3. The number of nitrogens with zero attached hydrogens (tertiary/aromatic N) is 1. The molecule has 1 aliphatic heterocycles. The van der Waals surface area contributed by atoms with Crippen LogP contribution < -0.4 is 10.6 Å². The van der Waals surface area contributed by atoms with E-state index in [1.165, 1.54) is 12.5 Å². The first-order valence-electron chi connectivity index (χ1n) is 8.29. The van der Waals surface area contributed by atoms with Gasteiger partial charge in [0.15, 0.2) is 12.1 Å². The zero-order valence-electron chi connectivity index (χ0n) is 14.3. The highest BCUT2D eigenvalue weighted by Gasteiger charge is 2.22. The first-order valence-corrected chi connectivity index (χ1v) is 8.29. The van der Waals surface area contributed by atoms with Crippen molar-refractivity contribution in [3.05, 3.63) is 65.4 Å². The molecule has 138 valence electrons. The molecule has 8 heteroatoms. The van der Waals surface area contributed by atoms with Crippen LogP contribution in [0.15, 0.2) is 47.2 Å². The lowest BCUT2D eigenvalue weighted by atomic mass is 10.0. The quantitative estimate of drug-likeness (QED) is 0.645. The van der Waals surface area contributed by atoms with Gasteiger partial charge in [-0.25, -0.2) is 13.8 Å². The number of fused-ring (bicyclic) bond motifs is 1. The minimum absolute atomic E-state index is 0.0357. The Bertz CT molecular complexity index is 1020. The Kier molecular flexibility index (Phi) is 4.23. The predicted octanol–water partition coefficient (Wildman–Crippen LogP) is 4.11. The fourth-order valence-corrected chi connectivity index (χ4v) is 3.02. The molecule has 0 saturated heterocycles. The third-order valence-corrected chi connectivity index (χ3v) is 4.35. The van der Waals surface area contributed by atoms with Crippen molar-refractivity contribution in [3.63, 3.8) is 0 Å². The van der Waals surface area contributed by atoms with E-state index >= 15 is 0 Å². The van der Waals surface area contributed by atoms with Crippen LogP contribution in [0.1, 0.15) is 33.8 Å². The Balaban J connectivity index is 1.55. The van der Waals surface area contributed by atoms with Gasteiger partial charge >= 0.3 is 0 Å². The van der Waals surface area contributed by atoms with E-state index in [2.05, 4.69) is 20.6 Å². The summed E-state index contributed by atoms with van der Waals surface area (Å²) in [5.74, 6) is 0.694. The van der Waals surface area contributed by atoms with E-state index < -0.39 is 12.6 Å². The van der Waals surface area contributed by atoms with Gasteiger partial charge in [0, 0.05) is 22.4 Å². The minimum Gasteiger partial charge on any atom is -0.448 e. The van der Waals surface area contributed by atoms with Crippen LogP contribution in [0, 0.1) is 6.92 Å². The number of H-pyrrole nitrogens is 1. The van der Waals surface area contributed by atoms with Gasteiger partial charge in [-0.2, -0.15) is 0 Å². The number of anilines is 1. The molecule has 3 aromatic rings.